The van der Waals surface area contributed by atoms with Crippen molar-refractivity contribution in [2.24, 2.45) is 5.84 Å². The Bertz CT molecular complexity index is 556. The molecular formula is C15H20N4S. The fraction of sp³-hybridized carbons (Fsp3) is 0.400. The highest BCUT2D eigenvalue weighted by Crippen LogP contribution is 2.38. The van der Waals surface area contributed by atoms with Crippen LogP contribution in [0.25, 0.3) is 0 Å². The highest BCUT2D eigenvalue weighted by molar-refractivity contribution is 8.00. The number of hydrogen-bond donors (Lipinski definition) is 2. The van der Waals surface area contributed by atoms with Crippen LogP contribution in [0.3, 0.4) is 0 Å². The summed E-state index contributed by atoms with van der Waals surface area (Å²) in [6.45, 7) is 3.00. The van der Waals surface area contributed by atoms with Crippen LogP contribution in [0.15, 0.2) is 41.6 Å². The predicted octanol–water partition coefficient (Wildman–Crippen LogP) is 1.99. The van der Waals surface area contributed by atoms with Crippen molar-refractivity contribution in [1.29, 1.82) is 0 Å². The topological polar surface area (TPSA) is 55.9 Å². The standard InChI is InChI=1S/C15H20N4S/c1-2-19-10-11(9-17-19)7-13(18-16)15-8-12-5-3-4-6-14(12)20-15/h3-6,9-10,13,15,18H,2,7-8,16H2,1H3. The first-order valence-corrected chi connectivity index (χ1v) is 7.90. The number of nitrogens with two attached hydrogens (primary N) is 1. The lowest BCUT2D eigenvalue weighted by molar-refractivity contribution is 0.506. The van der Waals surface area contributed by atoms with Gasteiger partial charge in [0, 0.05) is 28.9 Å². The van der Waals surface area contributed by atoms with E-state index in [9.17, 15) is 0 Å². The lowest BCUT2D eigenvalue weighted by atomic mass is 10.0. The Hall–Kier alpha value is -1.30. The van der Waals surface area contributed by atoms with E-state index in [2.05, 4.69) is 47.9 Å². The number of nitrogens with zero attached hydrogens (tertiary/aromatic N) is 2. The van der Waals surface area contributed by atoms with Crippen LogP contribution in [0.4, 0.5) is 0 Å². The number of thioether (sulfide) groups is 1. The largest absolute Gasteiger partial charge is 0.273 e. The molecule has 2 aromatic rings. The van der Waals surface area contributed by atoms with E-state index in [-0.39, 0.29) is 6.04 Å². The van der Waals surface area contributed by atoms with Crippen molar-refractivity contribution in [2.45, 2.75) is 42.5 Å². The van der Waals surface area contributed by atoms with Crippen molar-refractivity contribution < 1.29 is 0 Å². The van der Waals surface area contributed by atoms with Gasteiger partial charge in [-0.05, 0) is 37.0 Å². The van der Waals surface area contributed by atoms with Crippen LogP contribution in [0.5, 0.6) is 0 Å². The molecule has 3 rings (SSSR count). The minimum atomic E-state index is 0.266. The van der Waals surface area contributed by atoms with E-state index >= 15 is 0 Å². The summed E-state index contributed by atoms with van der Waals surface area (Å²) in [6.07, 6.45) is 6.05. The van der Waals surface area contributed by atoms with Gasteiger partial charge in [-0.15, -0.1) is 11.8 Å². The van der Waals surface area contributed by atoms with E-state index < -0.39 is 0 Å². The first-order valence-electron chi connectivity index (χ1n) is 7.02. The van der Waals surface area contributed by atoms with E-state index in [4.69, 9.17) is 5.84 Å². The number of rotatable bonds is 5. The second kappa shape index (κ2) is 5.99. The molecule has 20 heavy (non-hydrogen) atoms. The minimum absolute atomic E-state index is 0.266. The van der Waals surface area contributed by atoms with Crippen molar-refractivity contribution in [3.05, 3.63) is 47.8 Å². The summed E-state index contributed by atoms with van der Waals surface area (Å²) in [7, 11) is 0. The van der Waals surface area contributed by atoms with Gasteiger partial charge in [-0.2, -0.15) is 5.10 Å². The van der Waals surface area contributed by atoms with Crippen LogP contribution >= 0.6 is 11.8 Å². The van der Waals surface area contributed by atoms with Crippen molar-refractivity contribution in [1.82, 2.24) is 15.2 Å². The Kier molecular flexibility index (Phi) is 4.10. The molecule has 0 aliphatic carbocycles. The molecule has 0 bridgehead atoms. The zero-order valence-corrected chi connectivity index (χ0v) is 12.4. The Morgan fingerprint density at radius 2 is 2.35 bits per heavy atom. The summed E-state index contributed by atoms with van der Waals surface area (Å²) in [6, 6.07) is 8.89. The van der Waals surface area contributed by atoms with Crippen LogP contribution < -0.4 is 11.3 Å². The molecular weight excluding hydrogens is 268 g/mol. The molecule has 1 aliphatic heterocycles. The number of nitrogens with one attached hydrogen (secondary N) is 1. The van der Waals surface area contributed by atoms with Crippen LogP contribution in [0, 0.1) is 0 Å². The average Bonchev–Trinajstić information content (AvgIpc) is 3.10. The summed E-state index contributed by atoms with van der Waals surface area (Å²) < 4.78 is 1.96. The van der Waals surface area contributed by atoms with Crippen molar-refractivity contribution in [2.75, 3.05) is 0 Å². The number of hydrazine groups is 1. The molecule has 5 heteroatoms. The third-order valence-electron chi connectivity index (χ3n) is 3.80. The Labute approximate surface area is 123 Å². The maximum atomic E-state index is 5.78. The summed E-state index contributed by atoms with van der Waals surface area (Å²) in [5.74, 6) is 5.78. The van der Waals surface area contributed by atoms with Gasteiger partial charge in [0.1, 0.15) is 0 Å². The van der Waals surface area contributed by atoms with Crippen molar-refractivity contribution in [3.63, 3.8) is 0 Å². The fourth-order valence-corrected chi connectivity index (χ4v) is 4.06. The number of aryl methyl sites for hydroxylation is 1. The number of aromatic nitrogens is 2. The molecule has 0 radical (unpaired) electrons. The molecule has 1 aromatic heterocycles. The van der Waals surface area contributed by atoms with Gasteiger partial charge < -0.3 is 0 Å². The molecule has 2 heterocycles. The molecule has 2 atom stereocenters. The maximum Gasteiger partial charge on any atom is 0.0522 e. The Balaban J connectivity index is 1.69. The molecule has 2 unspecified atom stereocenters. The Morgan fingerprint density at radius 1 is 1.50 bits per heavy atom. The van der Waals surface area contributed by atoms with Gasteiger partial charge in [0.2, 0.25) is 0 Å². The third kappa shape index (κ3) is 2.75. The molecule has 0 saturated heterocycles. The maximum absolute atomic E-state index is 5.78. The van der Waals surface area contributed by atoms with Gasteiger partial charge in [-0.25, -0.2) is 0 Å². The fourth-order valence-electron chi connectivity index (χ4n) is 2.67. The highest BCUT2D eigenvalue weighted by atomic mass is 32.2. The molecule has 0 spiro atoms. The Morgan fingerprint density at radius 3 is 3.05 bits per heavy atom. The van der Waals surface area contributed by atoms with E-state index in [1.807, 2.05) is 22.6 Å². The summed E-state index contributed by atoms with van der Waals surface area (Å²) in [4.78, 5) is 1.39. The summed E-state index contributed by atoms with van der Waals surface area (Å²) in [5, 5.41) is 4.82. The zero-order chi connectivity index (χ0) is 13.9. The molecule has 1 aliphatic rings. The summed E-state index contributed by atoms with van der Waals surface area (Å²) >= 11 is 1.93. The lowest BCUT2D eigenvalue weighted by Gasteiger charge is -2.21. The molecule has 3 N–H and O–H groups in total. The smallest absolute Gasteiger partial charge is 0.0522 e. The SMILES string of the molecule is CCn1cc(CC(NN)C2Cc3ccccc3S2)cn1. The molecule has 1 aromatic carbocycles. The van der Waals surface area contributed by atoms with E-state index in [1.165, 1.54) is 16.0 Å². The molecule has 106 valence electrons. The predicted molar refractivity (Wildman–Crippen MR) is 82.5 cm³/mol. The van der Waals surface area contributed by atoms with Crippen molar-refractivity contribution >= 4 is 11.8 Å². The molecule has 4 nitrogen and oxygen atoms in total. The normalized spacial score (nSPS) is 19.0. The van der Waals surface area contributed by atoms with Gasteiger partial charge >= 0.3 is 0 Å². The van der Waals surface area contributed by atoms with Gasteiger partial charge in [0.25, 0.3) is 0 Å². The van der Waals surface area contributed by atoms with Crippen LogP contribution in [-0.2, 0) is 19.4 Å². The molecule has 0 saturated carbocycles. The average molecular weight is 288 g/mol. The van der Waals surface area contributed by atoms with E-state index in [0.29, 0.717) is 5.25 Å². The molecule has 0 fully saturated rings. The first-order chi connectivity index (χ1) is 9.80. The number of hydrogen-bond acceptors (Lipinski definition) is 4. The minimum Gasteiger partial charge on any atom is -0.273 e. The third-order valence-corrected chi connectivity index (χ3v) is 5.25. The monoisotopic (exact) mass is 288 g/mol. The van der Waals surface area contributed by atoms with Crippen LogP contribution in [-0.4, -0.2) is 21.1 Å². The lowest BCUT2D eigenvalue weighted by Crippen LogP contribution is -2.44. The van der Waals surface area contributed by atoms with Gasteiger partial charge in [0.15, 0.2) is 0 Å². The van der Waals surface area contributed by atoms with Gasteiger partial charge in [0.05, 0.1) is 6.20 Å². The van der Waals surface area contributed by atoms with Gasteiger partial charge in [-0.1, -0.05) is 18.2 Å². The number of benzene rings is 1. The first kappa shape index (κ1) is 13.7. The quantitative estimate of drug-likeness (QED) is 0.652. The van der Waals surface area contributed by atoms with Crippen LogP contribution in [0.1, 0.15) is 18.1 Å². The number of fused-ring (bicyclic) bond motifs is 1. The van der Waals surface area contributed by atoms with E-state index in [0.717, 1.165) is 19.4 Å². The highest BCUT2D eigenvalue weighted by Gasteiger charge is 2.29. The second-order valence-electron chi connectivity index (χ2n) is 5.15. The summed E-state index contributed by atoms with van der Waals surface area (Å²) in [5.41, 5.74) is 5.68. The van der Waals surface area contributed by atoms with Crippen LogP contribution in [0.2, 0.25) is 0 Å². The van der Waals surface area contributed by atoms with Crippen molar-refractivity contribution in [3.8, 4) is 0 Å². The van der Waals surface area contributed by atoms with E-state index in [1.54, 1.807) is 0 Å². The second-order valence-corrected chi connectivity index (χ2v) is 6.43. The molecule has 0 amide bonds. The van der Waals surface area contributed by atoms with Gasteiger partial charge in [-0.3, -0.25) is 16.0 Å². The zero-order valence-electron chi connectivity index (χ0n) is 11.6.